The van der Waals surface area contributed by atoms with Gasteiger partial charge in [-0.2, -0.15) is 17.9 Å². The molecule has 0 radical (unpaired) electrons. The Morgan fingerprint density at radius 2 is 1.69 bits per heavy atom. The van der Waals surface area contributed by atoms with Crippen LogP contribution in [0, 0.1) is 6.92 Å². The molecule has 2 atom stereocenters. The van der Waals surface area contributed by atoms with Crippen molar-refractivity contribution in [1.29, 1.82) is 0 Å². The van der Waals surface area contributed by atoms with Gasteiger partial charge >= 0.3 is 17.8 Å². The summed E-state index contributed by atoms with van der Waals surface area (Å²) < 4.78 is 53.2. The van der Waals surface area contributed by atoms with Crippen LogP contribution in [0.3, 0.4) is 0 Å². The molecule has 0 aliphatic carbocycles. The van der Waals surface area contributed by atoms with Crippen molar-refractivity contribution in [2.24, 2.45) is 7.05 Å². The van der Waals surface area contributed by atoms with Crippen molar-refractivity contribution in [3.05, 3.63) is 106 Å². The molecular weight excluding hydrogens is 515 g/mol. The van der Waals surface area contributed by atoms with E-state index < -0.39 is 35.6 Å². The molecule has 4 rings (SSSR count). The van der Waals surface area contributed by atoms with Crippen molar-refractivity contribution in [1.82, 2.24) is 14.3 Å². The van der Waals surface area contributed by atoms with E-state index in [9.17, 15) is 27.9 Å². The van der Waals surface area contributed by atoms with E-state index in [1.807, 2.05) is 6.07 Å². The number of halogens is 3. The molecule has 11 heteroatoms. The molecule has 0 aliphatic rings. The predicted octanol–water partition coefficient (Wildman–Crippen LogP) is 5.31. The van der Waals surface area contributed by atoms with E-state index >= 15 is 0 Å². The Bertz CT molecular complexity index is 1510. The lowest BCUT2D eigenvalue weighted by atomic mass is 10.1. The van der Waals surface area contributed by atoms with E-state index in [0.29, 0.717) is 29.0 Å². The molecule has 8 nitrogen and oxygen atoms in total. The fraction of sp³-hybridized carbons (Fsp3) is 0.250. The molecule has 0 amide bonds. The Morgan fingerprint density at radius 1 is 1.03 bits per heavy atom. The second kappa shape index (κ2) is 11.1. The number of alkyl halides is 3. The van der Waals surface area contributed by atoms with Crippen molar-refractivity contribution < 1.29 is 32.5 Å². The van der Waals surface area contributed by atoms with Gasteiger partial charge in [-0.15, -0.1) is 5.10 Å². The number of aryl methyl sites for hydroxylation is 1. The van der Waals surface area contributed by atoms with Crippen LogP contribution in [0.25, 0.3) is 5.69 Å². The number of ether oxygens (including phenoxy) is 2. The molecule has 39 heavy (non-hydrogen) atoms. The van der Waals surface area contributed by atoms with E-state index in [1.54, 1.807) is 56.3 Å². The minimum atomic E-state index is -4.51. The third-order valence-corrected chi connectivity index (χ3v) is 6.11. The Kier molecular flexibility index (Phi) is 7.80. The molecule has 1 aromatic heterocycles. The zero-order valence-corrected chi connectivity index (χ0v) is 21.3. The molecule has 1 N–H and O–H groups in total. The first-order chi connectivity index (χ1) is 18.5. The molecule has 3 aromatic carbocycles. The third-order valence-electron chi connectivity index (χ3n) is 6.11. The maximum Gasteiger partial charge on any atom is 0.416 e. The number of carboxylic acid groups (broad SMARTS) is 1. The number of carbonyl (C=O) groups is 1. The monoisotopic (exact) mass is 541 g/mol. The average Bonchev–Trinajstić information content (AvgIpc) is 3.20. The van der Waals surface area contributed by atoms with E-state index in [4.69, 9.17) is 9.47 Å². The standard InChI is InChI=1S/C28H26F3N3O5/c1-4-22(26(35)36)39-23-15-14-21(16-17(23)2)38-24(18-8-6-5-7-9-18)25-32-34(27(37)33(25)3)20-12-10-19(11-13-20)28(29,30)31/h5-16,22,24H,4H2,1-3H3,(H,35,36). The minimum absolute atomic E-state index is 0.169. The Morgan fingerprint density at radius 3 is 2.26 bits per heavy atom. The van der Waals surface area contributed by atoms with Gasteiger partial charge in [0.2, 0.25) is 0 Å². The number of hydrogen-bond donors (Lipinski definition) is 1. The molecule has 0 spiro atoms. The van der Waals surface area contributed by atoms with E-state index in [2.05, 4.69) is 5.10 Å². The van der Waals surface area contributed by atoms with Crippen molar-refractivity contribution >= 4 is 5.97 Å². The molecule has 0 bridgehead atoms. The van der Waals surface area contributed by atoms with Crippen LogP contribution < -0.4 is 15.2 Å². The fourth-order valence-corrected chi connectivity index (χ4v) is 3.96. The Labute approximate surface area is 221 Å². The highest BCUT2D eigenvalue weighted by Gasteiger charge is 2.30. The number of benzene rings is 3. The summed E-state index contributed by atoms with van der Waals surface area (Å²) in [6, 6.07) is 18.1. The minimum Gasteiger partial charge on any atom is -0.479 e. The van der Waals surface area contributed by atoms with Gasteiger partial charge in [-0.25, -0.2) is 9.59 Å². The molecule has 0 saturated carbocycles. The molecule has 204 valence electrons. The van der Waals surface area contributed by atoms with Gasteiger partial charge in [0, 0.05) is 12.6 Å². The summed E-state index contributed by atoms with van der Waals surface area (Å²) in [7, 11) is 1.50. The van der Waals surface area contributed by atoms with Gasteiger partial charge in [-0.05, 0) is 61.4 Å². The topological polar surface area (TPSA) is 95.6 Å². The summed E-state index contributed by atoms with van der Waals surface area (Å²) in [5, 5.41) is 13.7. The van der Waals surface area contributed by atoms with Gasteiger partial charge in [-0.1, -0.05) is 37.3 Å². The first-order valence-corrected chi connectivity index (χ1v) is 12.0. The van der Waals surface area contributed by atoms with Gasteiger partial charge < -0.3 is 14.6 Å². The largest absolute Gasteiger partial charge is 0.479 e. The van der Waals surface area contributed by atoms with Crippen LogP contribution >= 0.6 is 0 Å². The lowest BCUT2D eigenvalue weighted by molar-refractivity contribution is -0.145. The van der Waals surface area contributed by atoms with E-state index in [1.165, 1.54) is 23.7 Å². The predicted molar refractivity (Wildman–Crippen MR) is 136 cm³/mol. The zero-order chi connectivity index (χ0) is 28.3. The molecule has 4 aromatic rings. The van der Waals surface area contributed by atoms with Crippen LogP contribution in [-0.2, 0) is 18.0 Å². The number of nitrogens with zero attached hydrogens (tertiary/aromatic N) is 3. The highest BCUT2D eigenvalue weighted by molar-refractivity contribution is 5.72. The summed E-state index contributed by atoms with van der Waals surface area (Å²) in [5.41, 5.74) is 0.0945. The lowest BCUT2D eigenvalue weighted by Gasteiger charge is -2.20. The number of aliphatic carboxylic acids is 1. The Hall–Kier alpha value is -4.54. The van der Waals surface area contributed by atoms with Gasteiger partial charge in [0.25, 0.3) is 0 Å². The molecule has 1 heterocycles. The third kappa shape index (κ3) is 5.97. The van der Waals surface area contributed by atoms with E-state index in [0.717, 1.165) is 16.8 Å². The van der Waals surface area contributed by atoms with Gasteiger partial charge in [0.05, 0.1) is 11.3 Å². The van der Waals surface area contributed by atoms with Gasteiger partial charge in [-0.3, -0.25) is 4.57 Å². The first kappa shape index (κ1) is 27.5. The van der Waals surface area contributed by atoms with Crippen molar-refractivity contribution in [3.8, 4) is 17.2 Å². The maximum atomic E-state index is 13.1. The van der Waals surface area contributed by atoms with Crippen molar-refractivity contribution in [2.45, 2.75) is 38.7 Å². The summed E-state index contributed by atoms with van der Waals surface area (Å²) in [4.78, 5) is 24.4. The highest BCUT2D eigenvalue weighted by atomic mass is 19.4. The number of hydrogen-bond acceptors (Lipinski definition) is 5. The summed E-state index contributed by atoms with van der Waals surface area (Å²) in [6.45, 7) is 3.47. The molecule has 2 unspecified atom stereocenters. The smallest absolute Gasteiger partial charge is 0.416 e. The number of rotatable bonds is 9. The van der Waals surface area contributed by atoms with Crippen LogP contribution in [0.2, 0.25) is 0 Å². The zero-order valence-electron chi connectivity index (χ0n) is 21.3. The lowest BCUT2D eigenvalue weighted by Crippen LogP contribution is -2.26. The number of aromatic nitrogens is 3. The van der Waals surface area contributed by atoms with Crippen LogP contribution in [0.1, 0.15) is 42.0 Å². The second-order valence-electron chi connectivity index (χ2n) is 8.85. The number of carboxylic acids is 1. The average molecular weight is 542 g/mol. The first-order valence-electron chi connectivity index (χ1n) is 12.0. The molecular formula is C28H26F3N3O5. The highest BCUT2D eigenvalue weighted by Crippen LogP contribution is 2.32. The molecule has 0 saturated heterocycles. The van der Waals surface area contributed by atoms with Crippen LogP contribution in [0.5, 0.6) is 11.5 Å². The van der Waals surface area contributed by atoms with Crippen LogP contribution in [-0.4, -0.2) is 31.5 Å². The fourth-order valence-electron chi connectivity index (χ4n) is 3.96. The van der Waals surface area contributed by atoms with Crippen LogP contribution in [0.15, 0.2) is 77.6 Å². The van der Waals surface area contributed by atoms with E-state index in [-0.39, 0.29) is 11.5 Å². The van der Waals surface area contributed by atoms with Gasteiger partial charge in [0.1, 0.15) is 11.5 Å². The molecule has 0 fully saturated rings. The van der Waals surface area contributed by atoms with Gasteiger partial charge in [0.15, 0.2) is 18.0 Å². The summed E-state index contributed by atoms with van der Waals surface area (Å²) >= 11 is 0. The second-order valence-corrected chi connectivity index (χ2v) is 8.85. The maximum absolute atomic E-state index is 13.1. The molecule has 0 aliphatic heterocycles. The Balaban J connectivity index is 1.70. The van der Waals surface area contributed by atoms with Crippen molar-refractivity contribution in [3.63, 3.8) is 0 Å². The quantitative estimate of drug-likeness (QED) is 0.309. The van der Waals surface area contributed by atoms with Crippen LogP contribution in [0.4, 0.5) is 13.2 Å². The SMILES string of the molecule is CCC(Oc1ccc(OC(c2ccccc2)c2nn(-c3ccc(C(F)(F)F)cc3)c(=O)n2C)cc1C)C(=O)O. The summed E-state index contributed by atoms with van der Waals surface area (Å²) in [5.74, 6) is -0.0348. The van der Waals surface area contributed by atoms with Crippen molar-refractivity contribution in [2.75, 3.05) is 0 Å². The summed E-state index contributed by atoms with van der Waals surface area (Å²) in [6.07, 6.45) is -6.06. The normalized spacial score (nSPS) is 13.1.